The van der Waals surface area contributed by atoms with Gasteiger partial charge < -0.3 is 4.90 Å². The molecule has 3 heteroatoms. The molecule has 1 aliphatic rings. The Balaban J connectivity index is 1.80. The summed E-state index contributed by atoms with van der Waals surface area (Å²) < 4.78 is 0. The summed E-state index contributed by atoms with van der Waals surface area (Å²) in [6.45, 7) is 11.5. The normalized spacial score (nSPS) is 18.1. The maximum atomic E-state index is 4.54. The SMILES string of the molecule is CCCN1CCN(Cc2ccc(CC)cn2)CC1. The Bertz CT molecular complexity index is 339. The molecule has 1 aromatic rings. The van der Waals surface area contributed by atoms with Crippen LogP contribution in [0.1, 0.15) is 31.5 Å². The van der Waals surface area contributed by atoms with E-state index in [9.17, 15) is 0 Å². The van der Waals surface area contributed by atoms with Gasteiger partial charge in [-0.05, 0) is 31.0 Å². The fraction of sp³-hybridized carbons (Fsp3) is 0.667. The van der Waals surface area contributed by atoms with Crippen molar-refractivity contribution in [2.75, 3.05) is 32.7 Å². The minimum atomic E-state index is 1.00. The van der Waals surface area contributed by atoms with Gasteiger partial charge in [0.2, 0.25) is 0 Å². The van der Waals surface area contributed by atoms with Crippen LogP contribution in [-0.2, 0) is 13.0 Å². The lowest BCUT2D eigenvalue weighted by molar-refractivity contribution is 0.126. The minimum absolute atomic E-state index is 1.00. The van der Waals surface area contributed by atoms with Gasteiger partial charge in [0.1, 0.15) is 0 Å². The molecule has 2 heterocycles. The van der Waals surface area contributed by atoms with Crippen molar-refractivity contribution in [1.82, 2.24) is 14.8 Å². The number of aryl methyl sites for hydroxylation is 1. The van der Waals surface area contributed by atoms with Crippen molar-refractivity contribution >= 4 is 0 Å². The number of nitrogens with zero attached hydrogens (tertiary/aromatic N) is 3. The fourth-order valence-electron chi connectivity index (χ4n) is 2.47. The largest absolute Gasteiger partial charge is 0.301 e. The third-order valence-corrected chi connectivity index (χ3v) is 3.68. The molecule has 0 amide bonds. The van der Waals surface area contributed by atoms with Crippen LogP contribution in [0, 0.1) is 0 Å². The number of pyridine rings is 1. The highest BCUT2D eigenvalue weighted by atomic mass is 15.3. The molecule has 1 fully saturated rings. The molecule has 1 saturated heterocycles. The zero-order chi connectivity index (χ0) is 12.8. The van der Waals surface area contributed by atoms with Gasteiger partial charge >= 0.3 is 0 Å². The van der Waals surface area contributed by atoms with Crippen molar-refractivity contribution in [2.45, 2.75) is 33.2 Å². The zero-order valence-corrected chi connectivity index (χ0v) is 11.7. The van der Waals surface area contributed by atoms with Crippen molar-refractivity contribution in [3.05, 3.63) is 29.6 Å². The monoisotopic (exact) mass is 247 g/mol. The predicted molar refractivity (Wildman–Crippen MR) is 75.6 cm³/mol. The summed E-state index contributed by atoms with van der Waals surface area (Å²) in [4.78, 5) is 9.62. The van der Waals surface area contributed by atoms with E-state index in [4.69, 9.17) is 0 Å². The topological polar surface area (TPSA) is 19.4 Å². The molecule has 1 aromatic heterocycles. The van der Waals surface area contributed by atoms with Crippen LogP contribution >= 0.6 is 0 Å². The summed E-state index contributed by atoms with van der Waals surface area (Å²) in [5.41, 5.74) is 2.53. The summed E-state index contributed by atoms with van der Waals surface area (Å²) in [5, 5.41) is 0. The Kier molecular flexibility index (Phi) is 5.14. The Morgan fingerprint density at radius 1 is 1.06 bits per heavy atom. The van der Waals surface area contributed by atoms with E-state index in [1.807, 2.05) is 6.20 Å². The van der Waals surface area contributed by atoms with Crippen LogP contribution in [0.15, 0.2) is 18.3 Å². The molecule has 0 N–H and O–H groups in total. The van der Waals surface area contributed by atoms with E-state index in [2.05, 4.69) is 40.8 Å². The summed E-state index contributed by atoms with van der Waals surface area (Å²) >= 11 is 0. The Labute approximate surface area is 111 Å². The average Bonchev–Trinajstić information content (AvgIpc) is 2.42. The van der Waals surface area contributed by atoms with Gasteiger partial charge in [-0.2, -0.15) is 0 Å². The second-order valence-electron chi connectivity index (χ2n) is 5.13. The van der Waals surface area contributed by atoms with Crippen LogP contribution in [0.2, 0.25) is 0 Å². The molecule has 100 valence electrons. The van der Waals surface area contributed by atoms with Gasteiger partial charge in [-0.3, -0.25) is 9.88 Å². The molecule has 0 radical (unpaired) electrons. The van der Waals surface area contributed by atoms with Gasteiger partial charge in [-0.25, -0.2) is 0 Å². The van der Waals surface area contributed by atoms with E-state index in [0.29, 0.717) is 0 Å². The van der Waals surface area contributed by atoms with Crippen molar-refractivity contribution in [1.29, 1.82) is 0 Å². The second kappa shape index (κ2) is 6.86. The van der Waals surface area contributed by atoms with E-state index in [0.717, 1.165) is 13.0 Å². The molecule has 18 heavy (non-hydrogen) atoms. The van der Waals surface area contributed by atoms with Crippen LogP contribution in [0.4, 0.5) is 0 Å². The van der Waals surface area contributed by atoms with Gasteiger partial charge in [-0.15, -0.1) is 0 Å². The highest BCUT2D eigenvalue weighted by Crippen LogP contribution is 2.08. The molecule has 0 bridgehead atoms. The second-order valence-corrected chi connectivity index (χ2v) is 5.13. The molecule has 0 saturated carbocycles. The van der Waals surface area contributed by atoms with E-state index in [-0.39, 0.29) is 0 Å². The predicted octanol–water partition coefficient (Wildman–Crippen LogP) is 2.17. The highest BCUT2D eigenvalue weighted by molar-refractivity contribution is 5.13. The van der Waals surface area contributed by atoms with Gasteiger partial charge in [0.05, 0.1) is 5.69 Å². The maximum Gasteiger partial charge on any atom is 0.0544 e. The lowest BCUT2D eigenvalue weighted by Crippen LogP contribution is -2.46. The first-order chi connectivity index (χ1) is 8.81. The van der Waals surface area contributed by atoms with Gasteiger partial charge in [0.15, 0.2) is 0 Å². The van der Waals surface area contributed by atoms with Crippen LogP contribution in [0.3, 0.4) is 0 Å². The smallest absolute Gasteiger partial charge is 0.0544 e. The van der Waals surface area contributed by atoms with Crippen LogP contribution in [0.25, 0.3) is 0 Å². The average molecular weight is 247 g/mol. The molecule has 0 aliphatic carbocycles. The third-order valence-electron chi connectivity index (χ3n) is 3.68. The van der Waals surface area contributed by atoms with E-state index in [1.165, 1.54) is 50.4 Å². The summed E-state index contributed by atoms with van der Waals surface area (Å²) in [5.74, 6) is 0. The summed E-state index contributed by atoms with van der Waals surface area (Å²) in [7, 11) is 0. The number of hydrogen-bond acceptors (Lipinski definition) is 3. The van der Waals surface area contributed by atoms with Crippen molar-refractivity contribution in [2.24, 2.45) is 0 Å². The van der Waals surface area contributed by atoms with Crippen LogP contribution in [0.5, 0.6) is 0 Å². The molecule has 0 spiro atoms. The van der Waals surface area contributed by atoms with E-state index < -0.39 is 0 Å². The Morgan fingerprint density at radius 3 is 2.33 bits per heavy atom. The van der Waals surface area contributed by atoms with Gasteiger partial charge in [0, 0.05) is 38.9 Å². The first-order valence-corrected chi connectivity index (χ1v) is 7.20. The molecule has 3 nitrogen and oxygen atoms in total. The molecule has 0 aromatic carbocycles. The van der Waals surface area contributed by atoms with E-state index in [1.54, 1.807) is 0 Å². The van der Waals surface area contributed by atoms with Crippen LogP contribution < -0.4 is 0 Å². The first kappa shape index (κ1) is 13.5. The fourth-order valence-corrected chi connectivity index (χ4v) is 2.47. The molecular weight excluding hydrogens is 222 g/mol. The van der Waals surface area contributed by atoms with Gasteiger partial charge in [0.25, 0.3) is 0 Å². The number of rotatable bonds is 5. The standard InChI is InChI=1S/C15H25N3/c1-3-7-17-8-10-18(11-9-17)13-15-6-5-14(4-2)12-16-15/h5-6,12H,3-4,7-11,13H2,1-2H3. The summed E-state index contributed by atoms with van der Waals surface area (Å²) in [6, 6.07) is 4.38. The number of piperazine rings is 1. The third kappa shape index (κ3) is 3.79. The van der Waals surface area contributed by atoms with Crippen molar-refractivity contribution < 1.29 is 0 Å². The van der Waals surface area contributed by atoms with E-state index >= 15 is 0 Å². The quantitative estimate of drug-likeness (QED) is 0.795. The summed E-state index contributed by atoms with van der Waals surface area (Å²) in [6.07, 6.45) is 4.35. The molecule has 0 unspecified atom stereocenters. The lowest BCUT2D eigenvalue weighted by atomic mass is 10.2. The number of aromatic nitrogens is 1. The maximum absolute atomic E-state index is 4.54. The number of hydrogen-bond donors (Lipinski definition) is 0. The molecule has 0 atom stereocenters. The van der Waals surface area contributed by atoms with Crippen molar-refractivity contribution in [3.8, 4) is 0 Å². The lowest BCUT2D eigenvalue weighted by Gasteiger charge is -2.34. The van der Waals surface area contributed by atoms with Gasteiger partial charge in [-0.1, -0.05) is 19.9 Å². The highest BCUT2D eigenvalue weighted by Gasteiger charge is 2.16. The minimum Gasteiger partial charge on any atom is -0.301 e. The molecular formula is C15H25N3. The Morgan fingerprint density at radius 2 is 1.78 bits per heavy atom. The Hall–Kier alpha value is -0.930. The van der Waals surface area contributed by atoms with Crippen molar-refractivity contribution in [3.63, 3.8) is 0 Å². The van der Waals surface area contributed by atoms with Crippen LogP contribution in [-0.4, -0.2) is 47.5 Å². The first-order valence-electron chi connectivity index (χ1n) is 7.20. The zero-order valence-electron chi connectivity index (χ0n) is 11.7. The molecule has 1 aliphatic heterocycles. The molecule has 2 rings (SSSR count).